The highest BCUT2D eigenvalue weighted by Crippen LogP contribution is 2.40. The third-order valence-corrected chi connectivity index (χ3v) is 6.15. The molecule has 1 saturated heterocycles. The van der Waals surface area contributed by atoms with Crippen LogP contribution in [0.5, 0.6) is 0 Å². The maximum atomic E-state index is 10.9. The molecule has 2 rings (SSSR count). The van der Waals surface area contributed by atoms with Gasteiger partial charge in [-0.05, 0) is 34.2 Å². The van der Waals surface area contributed by atoms with E-state index in [-0.39, 0.29) is 5.37 Å². The van der Waals surface area contributed by atoms with Crippen LogP contribution in [0.2, 0.25) is 4.34 Å². The zero-order chi connectivity index (χ0) is 11.7. The third kappa shape index (κ3) is 2.73. The van der Waals surface area contributed by atoms with Crippen molar-refractivity contribution in [2.24, 2.45) is 0 Å². The van der Waals surface area contributed by atoms with Gasteiger partial charge in [-0.15, -0.1) is 23.1 Å². The number of hydrogen-bond acceptors (Lipinski definition) is 4. The topological polar surface area (TPSA) is 49.3 Å². The predicted molar refractivity (Wildman–Crippen MR) is 71.4 cm³/mol. The maximum absolute atomic E-state index is 10.9. The van der Waals surface area contributed by atoms with E-state index in [0.717, 1.165) is 15.1 Å². The Morgan fingerprint density at radius 2 is 2.44 bits per heavy atom. The predicted octanol–water partition coefficient (Wildman–Crippen LogP) is 3.34. The van der Waals surface area contributed by atoms with Crippen LogP contribution in [0.4, 0.5) is 0 Å². The summed E-state index contributed by atoms with van der Waals surface area (Å²) in [5.74, 6) is 0.0638. The molecule has 3 nitrogen and oxygen atoms in total. The Morgan fingerprint density at radius 3 is 3.00 bits per heavy atom. The van der Waals surface area contributed by atoms with E-state index in [1.165, 1.54) is 11.3 Å². The molecule has 0 radical (unpaired) electrons. The Hall–Kier alpha value is 0.250. The lowest BCUT2D eigenvalue weighted by molar-refractivity contribution is -0.139. The van der Waals surface area contributed by atoms with Gasteiger partial charge in [0.05, 0.1) is 5.37 Å². The number of carboxylic acid groups (broad SMARTS) is 1. The highest BCUT2D eigenvalue weighted by atomic mass is 79.9. The SMILES string of the molecule is O=C(O)C1CCSC(c2cc(Br)c(Cl)s2)N1. The van der Waals surface area contributed by atoms with Gasteiger partial charge in [0, 0.05) is 9.35 Å². The van der Waals surface area contributed by atoms with Crippen LogP contribution in [0.15, 0.2) is 10.5 Å². The molecule has 7 heteroatoms. The fraction of sp³-hybridized carbons (Fsp3) is 0.444. The van der Waals surface area contributed by atoms with Crippen molar-refractivity contribution in [3.8, 4) is 0 Å². The molecule has 1 fully saturated rings. The number of hydrogen-bond donors (Lipinski definition) is 2. The lowest BCUT2D eigenvalue weighted by Crippen LogP contribution is -2.41. The Bertz CT molecular complexity index is 393. The van der Waals surface area contributed by atoms with Crippen LogP contribution in [0.25, 0.3) is 0 Å². The molecule has 2 heterocycles. The molecule has 0 amide bonds. The van der Waals surface area contributed by atoms with Crippen molar-refractivity contribution in [2.75, 3.05) is 5.75 Å². The molecule has 1 aliphatic rings. The van der Waals surface area contributed by atoms with Crippen molar-refractivity contribution < 1.29 is 9.90 Å². The molecule has 88 valence electrons. The van der Waals surface area contributed by atoms with Crippen LogP contribution in [-0.4, -0.2) is 22.9 Å². The van der Waals surface area contributed by atoms with Crippen molar-refractivity contribution in [2.45, 2.75) is 17.8 Å². The minimum atomic E-state index is -0.785. The largest absolute Gasteiger partial charge is 0.480 e. The van der Waals surface area contributed by atoms with E-state index >= 15 is 0 Å². The summed E-state index contributed by atoms with van der Waals surface area (Å²) in [5.41, 5.74) is 0. The van der Waals surface area contributed by atoms with Crippen molar-refractivity contribution in [3.63, 3.8) is 0 Å². The highest BCUT2D eigenvalue weighted by Gasteiger charge is 2.28. The summed E-state index contributed by atoms with van der Waals surface area (Å²) >= 11 is 12.5. The van der Waals surface area contributed by atoms with Gasteiger partial charge in [-0.25, -0.2) is 0 Å². The third-order valence-electron chi connectivity index (χ3n) is 2.26. The first-order valence-electron chi connectivity index (χ1n) is 4.63. The number of thiophene rings is 1. The monoisotopic (exact) mass is 341 g/mol. The van der Waals surface area contributed by atoms with Gasteiger partial charge in [-0.3, -0.25) is 10.1 Å². The number of carbonyl (C=O) groups is 1. The van der Waals surface area contributed by atoms with Crippen LogP contribution in [-0.2, 0) is 4.79 Å². The van der Waals surface area contributed by atoms with E-state index in [4.69, 9.17) is 16.7 Å². The minimum Gasteiger partial charge on any atom is -0.480 e. The van der Waals surface area contributed by atoms with Gasteiger partial charge in [0.1, 0.15) is 10.4 Å². The molecule has 0 aromatic carbocycles. The van der Waals surface area contributed by atoms with E-state index in [1.807, 2.05) is 6.07 Å². The fourth-order valence-electron chi connectivity index (χ4n) is 1.47. The number of nitrogens with one attached hydrogen (secondary N) is 1. The van der Waals surface area contributed by atoms with Crippen molar-refractivity contribution in [1.82, 2.24) is 5.32 Å². The number of halogens is 2. The Balaban J connectivity index is 2.12. The fourth-order valence-corrected chi connectivity index (χ4v) is 4.60. The summed E-state index contributed by atoms with van der Waals surface area (Å²) in [6, 6.07) is 1.49. The molecule has 1 aliphatic heterocycles. The molecular weight excluding hydrogens is 334 g/mol. The molecule has 0 spiro atoms. The quantitative estimate of drug-likeness (QED) is 0.865. The molecule has 0 aliphatic carbocycles. The summed E-state index contributed by atoms with van der Waals surface area (Å²) in [6.45, 7) is 0. The Morgan fingerprint density at radius 1 is 1.69 bits per heavy atom. The second-order valence-electron chi connectivity index (χ2n) is 3.37. The average Bonchev–Trinajstić information content (AvgIpc) is 2.59. The van der Waals surface area contributed by atoms with Gasteiger partial charge in [-0.2, -0.15) is 0 Å². The Kier molecular flexibility index (Phi) is 4.18. The standard InChI is InChI=1S/C9H9BrClNO2S2/c10-4-3-6(16-7(4)11)8-12-5(9(13)14)1-2-15-8/h3,5,8,12H,1-2H2,(H,13,14). The van der Waals surface area contributed by atoms with E-state index in [1.54, 1.807) is 11.8 Å². The zero-order valence-corrected chi connectivity index (χ0v) is 12.0. The van der Waals surface area contributed by atoms with Gasteiger partial charge < -0.3 is 5.11 Å². The van der Waals surface area contributed by atoms with Gasteiger partial charge in [0.2, 0.25) is 0 Å². The molecule has 1 aromatic rings. The number of rotatable bonds is 2. The molecule has 2 N–H and O–H groups in total. The summed E-state index contributed by atoms with van der Waals surface area (Å²) in [5, 5.41) is 12.1. The van der Waals surface area contributed by atoms with Gasteiger partial charge >= 0.3 is 5.97 Å². The van der Waals surface area contributed by atoms with Gasteiger partial charge in [-0.1, -0.05) is 11.6 Å². The normalized spacial score (nSPS) is 25.6. The first-order valence-corrected chi connectivity index (χ1v) is 7.66. The first kappa shape index (κ1) is 12.7. The van der Waals surface area contributed by atoms with Gasteiger partial charge in [0.15, 0.2) is 0 Å². The molecule has 2 unspecified atom stereocenters. The molecule has 0 saturated carbocycles. The van der Waals surface area contributed by atoms with Crippen molar-refractivity contribution >= 4 is 56.6 Å². The van der Waals surface area contributed by atoms with Crippen LogP contribution in [0, 0.1) is 0 Å². The summed E-state index contributed by atoms with van der Waals surface area (Å²) in [6.07, 6.45) is 0.663. The maximum Gasteiger partial charge on any atom is 0.320 e. The molecule has 0 bridgehead atoms. The van der Waals surface area contributed by atoms with Crippen LogP contribution >= 0.6 is 50.6 Å². The van der Waals surface area contributed by atoms with Crippen LogP contribution in [0.1, 0.15) is 16.7 Å². The van der Waals surface area contributed by atoms with E-state index in [9.17, 15) is 4.79 Å². The molecular formula is C9H9BrClNO2S2. The first-order chi connectivity index (χ1) is 7.58. The van der Waals surface area contributed by atoms with Crippen molar-refractivity contribution in [3.05, 3.63) is 19.8 Å². The molecule has 16 heavy (non-hydrogen) atoms. The lowest BCUT2D eigenvalue weighted by atomic mass is 10.2. The van der Waals surface area contributed by atoms with E-state index in [2.05, 4.69) is 21.2 Å². The zero-order valence-electron chi connectivity index (χ0n) is 8.07. The number of carboxylic acids is 1. The summed E-state index contributed by atoms with van der Waals surface area (Å²) < 4.78 is 1.57. The lowest BCUT2D eigenvalue weighted by Gasteiger charge is -2.27. The smallest absolute Gasteiger partial charge is 0.320 e. The van der Waals surface area contributed by atoms with Crippen LogP contribution in [0.3, 0.4) is 0 Å². The van der Waals surface area contributed by atoms with Crippen LogP contribution < -0.4 is 5.32 Å². The second-order valence-corrected chi connectivity index (χ2v) is 7.12. The minimum absolute atomic E-state index is 0.0312. The summed E-state index contributed by atoms with van der Waals surface area (Å²) in [4.78, 5) is 12.0. The number of aliphatic carboxylic acids is 1. The van der Waals surface area contributed by atoms with Gasteiger partial charge in [0.25, 0.3) is 0 Å². The molecule has 2 atom stereocenters. The average molecular weight is 343 g/mol. The highest BCUT2D eigenvalue weighted by molar-refractivity contribution is 9.10. The molecule has 1 aromatic heterocycles. The number of thioether (sulfide) groups is 1. The second kappa shape index (κ2) is 5.27. The van der Waals surface area contributed by atoms with E-state index < -0.39 is 12.0 Å². The summed E-state index contributed by atoms with van der Waals surface area (Å²) in [7, 11) is 0. The van der Waals surface area contributed by atoms with E-state index in [0.29, 0.717) is 10.8 Å². The Labute approximate surface area is 115 Å². The van der Waals surface area contributed by atoms with Crippen molar-refractivity contribution in [1.29, 1.82) is 0 Å².